The number of hydrogen-bond donors (Lipinski definition) is 5. The number of aliphatic carboxylic acids is 1. The molecule has 7 nitrogen and oxygen atoms in total. The van der Waals surface area contributed by atoms with Gasteiger partial charge in [-0.25, -0.2) is 10.2 Å². The van der Waals surface area contributed by atoms with Crippen LogP contribution in [0, 0.1) is 0 Å². The smallest absolute Gasteiger partial charge is 0.419 e. The summed E-state index contributed by atoms with van der Waals surface area (Å²) in [6.07, 6.45) is -1.41. The fourth-order valence-corrected chi connectivity index (χ4v) is 0.334. The molecule has 0 heterocycles. The minimum Gasteiger partial charge on any atom is -0.480 e. The average molecular weight is 164 g/mol. The molecule has 0 aromatic carbocycles. The summed E-state index contributed by atoms with van der Waals surface area (Å²) in [6, 6.07) is -1.31. The van der Waals surface area contributed by atoms with E-state index in [2.05, 4.69) is 0 Å². The van der Waals surface area contributed by atoms with Crippen LogP contribution in [-0.2, 0) is 4.79 Å². The Labute approximate surface area is 61.6 Å². The Morgan fingerprint density at radius 3 is 2.18 bits per heavy atom. The van der Waals surface area contributed by atoms with Gasteiger partial charge < -0.3 is 15.3 Å². The van der Waals surface area contributed by atoms with Crippen molar-refractivity contribution in [2.75, 3.05) is 6.61 Å². The quantitative estimate of drug-likeness (QED) is 0.313. The number of carboxylic acids is 1. The predicted molar refractivity (Wildman–Crippen MR) is 32.8 cm³/mol. The van der Waals surface area contributed by atoms with E-state index in [0.717, 1.165) is 0 Å². The van der Waals surface area contributed by atoms with Gasteiger partial charge in [0, 0.05) is 0 Å². The molecule has 0 aliphatic carbocycles. The van der Waals surface area contributed by atoms with Crippen LogP contribution in [-0.4, -0.2) is 40.0 Å². The molecule has 0 aromatic rings. The van der Waals surface area contributed by atoms with Gasteiger partial charge in [-0.15, -0.1) is 0 Å². The average Bonchev–Trinajstić information content (AvgIpc) is 1.87. The van der Waals surface area contributed by atoms with E-state index in [1.54, 1.807) is 5.43 Å². The maximum Gasteiger partial charge on any atom is 0.419 e. The first-order valence-electron chi connectivity index (χ1n) is 2.66. The van der Waals surface area contributed by atoms with Crippen molar-refractivity contribution in [3.63, 3.8) is 0 Å². The third-order valence-corrected chi connectivity index (χ3v) is 0.834. The summed E-state index contributed by atoms with van der Waals surface area (Å²) in [5.74, 6) is -1.33. The van der Waals surface area contributed by atoms with Crippen LogP contribution in [0.5, 0.6) is 0 Å². The van der Waals surface area contributed by atoms with Crippen LogP contribution in [0.25, 0.3) is 0 Å². The van der Waals surface area contributed by atoms with Crippen LogP contribution in [0.2, 0.25) is 0 Å². The first kappa shape index (κ1) is 9.66. The van der Waals surface area contributed by atoms with Crippen molar-refractivity contribution < 1.29 is 24.9 Å². The molecule has 0 saturated carbocycles. The molecule has 0 aliphatic heterocycles. The van der Waals surface area contributed by atoms with Gasteiger partial charge in [-0.3, -0.25) is 10.2 Å². The van der Waals surface area contributed by atoms with Crippen molar-refractivity contribution in [3.8, 4) is 0 Å². The fourth-order valence-electron chi connectivity index (χ4n) is 0.334. The Bertz CT molecular complexity index is 159. The van der Waals surface area contributed by atoms with Crippen molar-refractivity contribution in [2.24, 2.45) is 0 Å². The van der Waals surface area contributed by atoms with Crippen molar-refractivity contribution in [3.05, 3.63) is 0 Å². The van der Waals surface area contributed by atoms with E-state index in [1.165, 1.54) is 0 Å². The summed E-state index contributed by atoms with van der Waals surface area (Å²) in [5.41, 5.74) is 3.47. The first-order valence-corrected chi connectivity index (χ1v) is 2.66. The molecule has 5 N–H and O–H groups in total. The zero-order valence-electron chi connectivity index (χ0n) is 5.44. The lowest BCUT2D eigenvalue weighted by Gasteiger charge is -2.09. The van der Waals surface area contributed by atoms with E-state index in [0.29, 0.717) is 0 Å². The van der Waals surface area contributed by atoms with E-state index in [-0.39, 0.29) is 0 Å². The van der Waals surface area contributed by atoms with Gasteiger partial charge in [0.2, 0.25) is 0 Å². The molecule has 0 aromatic heterocycles. The number of carboxylic acid groups (broad SMARTS) is 2. The number of carbonyl (C=O) groups is 2. The van der Waals surface area contributed by atoms with Gasteiger partial charge in [-0.2, -0.15) is 0 Å². The second kappa shape index (κ2) is 4.47. The fraction of sp³-hybridized carbons (Fsp3) is 0.500. The highest BCUT2D eigenvalue weighted by Crippen LogP contribution is 1.78. The molecule has 11 heavy (non-hydrogen) atoms. The van der Waals surface area contributed by atoms with E-state index >= 15 is 0 Å². The van der Waals surface area contributed by atoms with Crippen LogP contribution < -0.4 is 10.9 Å². The molecule has 0 fully saturated rings. The molecule has 1 atom stereocenters. The van der Waals surface area contributed by atoms with Crippen LogP contribution in [0.15, 0.2) is 0 Å². The van der Waals surface area contributed by atoms with Crippen LogP contribution in [0.3, 0.4) is 0 Å². The number of aliphatic hydroxyl groups is 1. The molecule has 0 spiro atoms. The number of aliphatic hydroxyl groups excluding tert-OH is 1. The molecule has 0 rings (SSSR count). The van der Waals surface area contributed by atoms with Crippen molar-refractivity contribution >= 4 is 12.1 Å². The largest absolute Gasteiger partial charge is 0.480 e. The topological polar surface area (TPSA) is 119 Å². The predicted octanol–water partition coefficient (Wildman–Crippen LogP) is -1.80. The molecular formula is C4H8N2O5. The lowest BCUT2D eigenvalue weighted by atomic mass is 10.3. The second-order valence-electron chi connectivity index (χ2n) is 1.65. The van der Waals surface area contributed by atoms with Crippen LogP contribution >= 0.6 is 0 Å². The molecule has 1 amide bonds. The summed E-state index contributed by atoms with van der Waals surface area (Å²) < 4.78 is 0. The molecule has 0 saturated heterocycles. The van der Waals surface area contributed by atoms with Crippen LogP contribution in [0.4, 0.5) is 4.79 Å². The second-order valence-corrected chi connectivity index (χ2v) is 1.65. The van der Waals surface area contributed by atoms with Gasteiger partial charge >= 0.3 is 12.1 Å². The van der Waals surface area contributed by atoms with Gasteiger partial charge in [0.05, 0.1) is 6.61 Å². The van der Waals surface area contributed by atoms with E-state index in [9.17, 15) is 9.59 Å². The zero-order chi connectivity index (χ0) is 8.85. The third kappa shape index (κ3) is 4.12. The number of hydrazine groups is 1. The van der Waals surface area contributed by atoms with E-state index in [4.69, 9.17) is 15.3 Å². The highest BCUT2D eigenvalue weighted by Gasteiger charge is 2.15. The van der Waals surface area contributed by atoms with Crippen LogP contribution in [0.1, 0.15) is 0 Å². The maximum atomic E-state index is 10.1. The number of rotatable bonds is 4. The van der Waals surface area contributed by atoms with Crippen molar-refractivity contribution in [2.45, 2.75) is 6.04 Å². The maximum absolute atomic E-state index is 10.1. The molecular weight excluding hydrogens is 156 g/mol. The summed E-state index contributed by atoms with van der Waals surface area (Å²) in [4.78, 5) is 19.9. The molecule has 0 unspecified atom stereocenters. The number of hydrogen-bond acceptors (Lipinski definition) is 4. The van der Waals surface area contributed by atoms with Crippen molar-refractivity contribution in [1.82, 2.24) is 10.9 Å². The molecule has 0 aliphatic rings. The Morgan fingerprint density at radius 2 is 1.91 bits per heavy atom. The Balaban J connectivity index is 3.70. The summed E-state index contributed by atoms with van der Waals surface area (Å²) in [7, 11) is 0. The monoisotopic (exact) mass is 164 g/mol. The normalized spacial score (nSPS) is 12.1. The van der Waals surface area contributed by atoms with Gasteiger partial charge in [0.25, 0.3) is 0 Å². The molecule has 64 valence electrons. The van der Waals surface area contributed by atoms with Gasteiger partial charge in [-0.1, -0.05) is 0 Å². The van der Waals surface area contributed by atoms with E-state index in [1.807, 2.05) is 5.43 Å². The number of amides is 1. The van der Waals surface area contributed by atoms with Gasteiger partial charge in [-0.05, 0) is 0 Å². The summed E-state index contributed by atoms with van der Waals surface area (Å²) in [6.45, 7) is -0.685. The molecule has 0 bridgehead atoms. The van der Waals surface area contributed by atoms with Gasteiger partial charge in [0.1, 0.15) is 6.04 Å². The van der Waals surface area contributed by atoms with E-state index < -0.39 is 24.7 Å². The minimum atomic E-state index is -1.41. The highest BCUT2D eigenvalue weighted by atomic mass is 16.4. The summed E-state index contributed by atoms with van der Waals surface area (Å²) >= 11 is 0. The van der Waals surface area contributed by atoms with Gasteiger partial charge in [0.15, 0.2) is 0 Å². The highest BCUT2D eigenvalue weighted by molar-refractivity contribution is 5.74. The SMILES string of the molecule is O=C(O)NN[C@@H](CO)C(=O)O. The zero-order valence-corrected chi connectivity index (χ0v) is 5.44. The Kier molecular flexibility index (Phi) is 3.93. The lowest BCUT2D eigenvalue weighted by Crippen LogP contribution is -2.49. The summed E-state index contributed by atoms with van der Waals surface area (Å²) in [5, 5.41) is 24.6. The Morgan fingerprint density at radius 1 is 1.36 bits per heavy atom. The third-order valence-electron chi connectivity index (χ3n) is 0.834. The molecule has 0 radical (unpaired) electrons. The standard InChI is InChI=1S/C4H8N2O5/c7-1-2(3(8)9)5-6-4(10)11/h2,5-7H,1H2,(H,8,9)(H,10,11)/t2-/m0/s1. The lowest BCUT2D eigenvalue weighted by molar-refractivity contribution is -0.140. The Hall–Kier alpha value is -1.34. The first-order chi connectivity index (χ1) is 5.07. The van der Waals surface area contributed by atoms with Crippen molar-refractivity contribution in [1.29, 1.82) is 0 Å². The minimum absolute atomic E-state index is 0.685. The number of nitrogens with one attached hydrogen (secondary N) is 2. The molecule has 7 heteroatoms.